The van der Waals surface area contributed by atoms with Crippen LogP contribution in [-0.2, 0) is 0 Å². The minimum atomic E-state index is -1.00. The molecule has 1 aliphatic rings. The third-order valence-corrected chi connectivity index (χ3v) is 3.24. The van der Waals surface area contributed by atoms with Gasteiger partial charge in [0.25, 0.3) is 0 Å². The maximum absolute atomic E-state index is 10.8. The summed E-state index contributed by atoms with van der Waals surface area (Å²) in [4.78, 5) is 13.2. The highest BCUT2D eigenvalue weighted by Gasteiger charge is 2.33. The van der Waals surface area contributed by atoms with Gasteiger partial charge >= 0.3 is 5.97 Å². The third kappa shape index (κ3) is 2.69. The molecule has 1 N–H and O–H groups in total. The molecule has 17 heavy (non-hydrogen) atoms. The van der Waals surface area contributed by atoms with E-state index in [-0.39, 0.29) is 11.8 Å². The zero-order valence-corrected chi connectivity index (χ0v) is 10.3. The summed E-state index contributed by atoms with van der Waals surface area (Å²) in [6.45, 7) is 5.28. The van der Waals surface area contributed by atoms with Gasteiger partial charge in [0, 0.05) is 6.04 Å². The number of hydrogen-bond donors (Lipinski definition) is 1. The van der Waals surface area contributed by atoms with Crippen LogP contribution in [0.15, 0.2) is 16.5 Å². The molecule has 1 saturated carbocycles. The maximum Gasteiger partial charge on any atom is 0.371 e. The van der Waals surface area contributed by atoms with Gasteiger partial charge in [-0.25, -0.2) is 4.79 Å². The van der Waals surface area contributed by atoms with Gasteiger partial charge in [0.2, 0.25) is 5.76 Å². The van der Waals surface area contributed by atoms with E-state index < -0.39 is 5.97 Å². The second-order valence-electron chi connectivity index (χ2n) is 4.65. The van der Waals surface area contributed by atoms with Crippen molar-refractivity contribution in [3.05, 3.63) is 23.7 Å². The van der Waals surface area contributed by atoms with Crippen molar-refractivity contribution in [3.8, 4) is 0 Å². The molecule has 1 heterocycles. The van der Waals surface area contributed by atoms with Crippen molar-refractivity contribution in [2.75, 3.05) is 6.54 Å². The summed E-state index contributed by atoms with van der Waals surface area (Å²) in [5.74, 6) is -0.223. The van der Waals surface area contributed by atoms with E-state index in [1.807, 2.05) is 0 Å². The molecule has 1 atom stereocenters. The largest absolute Gasteiger partial charge is 0.475 e. The zero-order valence-electron chi connectivity index (χ0n) is 10.3. The normalized spacial score (nSPS) is 17.4. The second-order valence-corrected chi connectivity index (χ2v) is 4.65. The third-order valence-electron chi connectivity index (χ3n) is 3.24. The zero-order chi connectivity index (χ0) is 12.4. The monoisotopic (exact) mass is 237 g/mol. The number of carboxylic acid groups (broad SMARTS) is 1. The first-order chi connectivity index (χ1) is 8.13. The minimum Gasteiger partial charge on any atom is -0.475 e. The van der Waals surface area contributed by atoms with Crippen molar-refractivity contribution < 1.29 is 14.3 Å². The lowest BCUT2D eigenvalue weighted by Gasteiger charge is -2.27. The van der Waals surface area contributed by atoms with Crippen LogP contribution in [0.1, 0.15) is 55.5 Å². The van der Waals surface area contributed by atoms with Gasteiger partial charge in [0.1, 0.15) is 5.76 Å². The Morgan fingerprint density at radius 1 is 1.59 bits per heavy atom. The molecule has 1 aliphatic carbocycles. The lowest BCUT2D eigenvalue weighted by atomic mass is 10.2. The summed E-state index contributed by atoms with van der Waals surface area (Å²) in [5.41, 5.74) is 0. The molecule has 94 valence electrons. The molecule has 1 fully saturated rings. The quantitative estimate of drug-likeness (QED) is 0.826. The van der Waals surface area contributed by atoms with Crippen LogP contribution >= 0.6 is 0 Å². The fourth-order valence-electron chi connectivity index (χ4n) is 2.21. The SMILES string of the molecule is CCCN(C1CC1)C(C)c1ccc(C(=O)O)o1. The number of carbonyl (C=O) groups is 1. The Labute approximate surface area is 101 Å². The topological polar surface area (TPSA) is 53.7 Å². The molecule has 0 amide bonds. The lowest BCUT2D eigenvalue weighted by molar-refractivity contribution is 0.0655. The first kappa shape index (κ1) is 12.2. The highest BCUT2D eigenvalue weighted by Crippen LogP contribution is 2.34. The van der Waals surface area contributed by atoms with E-state index in [4.69, 9.17) is 9.52 Å². The van der Waals surface area contributed by atoms with E-state index in [2.05, 4.69) is 18.7 Å². The number of hydrogen-bond acceptors (Lipinski definition) is 3. The van der Waals surface area contributed by atoms with Gasteiger partial charge in [-0.15, -0.1) is 0 Å². The van der Waals surface area contributed by atoms with Crippen LogP contribution < -0.4 is 0 Å². The predicted octanol–water partition coefficient (Wildman–Crippen LogP) is 2.91. The van der Waals surface area contributed by atoms with E-state index in [0.717, 1.165) is 18.7 Å². The van der Waals surface area contributed by atoms with Crippen molar-refractivity contribution >= 4 is 5.97 Å². The maximum atomic E-state index is 10.8. The Morgan fingerprint density at radius 2 is 2.29 bits per heavy atom. The number of rotatable bonds is 6. The summed E-state index contributed by atoms with van der Waals surface area (Å²) >= 11 is 0. The van der Waals surface area contributed by atoms with Crippen molar-refractivity contribution in [1.29, 1.82) is 0 Å². The predicted molar refractivity (Wildman–Crippen MR) is 64.1 cm³/mol. The van der Waals surface area contributed by atoms with Crippen molar-refractivity contribution in [2.45, 2.75) is 45.2 Å². The van der Waals surface area contributed by atoms with E-state index in [1.54, 1.807) is 6.07 Å². The average Bonchev–Trinajstić information content (AvgIpc) is 3.00. The molecule has 1 aromatic heterocycles. The summed E-state index contributed by atoms with van der Waals surface area (Å²) < 4.78 is 5.37. The molecule has 0 saturated heterocycles. The summed E-state index contributed by atoms with van der Waals surface area (Å²) in [7, 11) is 0. The van der Waals surface area contributed by atoms with E-state index in [9.17, 15) is 4.79 Å². The molecule has 0 aromatic carbocycles. The van der Waals surface area contributed by atoms with Crippen LogP contribution in [0.5, 0.6) is 0 Å². The first-order valence-electron chi connectivity index (χ1n) is 6.22. The Kier molecular flexibility index (Phi) is 3.52. The van der Waals surface area contributed by atoms with Crippen LogP contribution in [0.4, 0.5) is 0 Å². The van der Waals surface area contributed by atoms with Gasteiger partial charge in [-0.2, -0.15) is 0 Å². The fraction of sp³-hybridized carbons (Fsp3) is 0.615. The Bertz CT molecular complexity index is 395. The summed E-state index contributed by atoms with van der Waals surface area (Å²) in [6, 6.07) is 4.13. The standard InChI is InChI=1S/C13H19NO3/c1-3-8-14(10-4-5-10)9(2)11-6-7-12(17-11)13(15)16/h6-7,9-10H,3-5,8H2,1-2H3,(H,15,16). The Balaban J connectivity index is 2.10. The molecule has 0 bridgehead atoms. The number of aromatic carboxylic acids is 1. The second kappa shape index (κ2) is 4.92. The molecule has 1 unspecified atom stereocenters. The van der Waals surface area contributed by atoms with E-state index >= 15 is 0 Å². The molecule has 0 radical (unpaired) electrons. The van der Waals surface area contributed by atoms with Gasteiger partial charge < -0.3 is 9.52 Å². The van der Waals surface area contributed by atoms with Crippen molar-refractivity contribution in [1.82, 2.24) is 4.90 Å². The van der Waals surface area contributed by atoms with Crippen molar-refractivity contribution in [2.24, 2.45) is 0 Å². The molecule has 2 rings (SSSR count). The van der Waals surface area contributed by atoms with Gasteiger partial charge in [0.15, 0.2) is 0 Å². The molecule has 4 heteroatoms. The van der Waals surface area contributed by atoms with Gasteiger partial charge in [-0.05, 0) is 44.9 Å². The fourth-order valence-corrected chi connectivity index (χ4v) is 2.21. The Hall–Kier alpha value is -1.29. The van der Waals surface area contributed by atoms with E-state index in [1.165, 1.54) is 18.9 Å². The smallest absolute Gasteiger partial charge is 0.371 e. The lowest BCUT2D eigenvalue weighted by Crippen LogP contribution is -2.29. The molecule has 1 aromatic rings. The summed E-state index contributed by atoms with van der Waals surface area (Å²) in [5, 5.41) is 8.84. The van der Waals surface area contributed by atoms with Crippen LogP contribution in [-0.4, -0.2) is 28.6 Å². The number of nitrogens with zero attached hydrogens (tertiary/aromatic N) is 1. The minimum absolute atomic E-state index is 0.0269. The highest BCUT2D eigenvalue weighted by atomic mass is 16.4. The Morgan fingerprint density at radius 3 is 2.76 bits per heavy atom. The molecular weight excluding hydrogens is 218 g/mol. The van der Waals surface area contributed by atoms with Gasteiger partial charge in [0.05, 0.1) is 6.04 Å². The van der Waals surface area contributed by atoms with Crippen LogP contribution in [0.25, 0.3) is 0 Å². The molecule has 0 spiro atoms. The van der Waals surface area contributed by atoms with Crippen LogP contribution in [0, 0.1) is 0 Å². The van der Waals surface area contributed by atoms with Crippen LogP contribution in [0.3, 0.4) is 0 Å². The van der Waals surface area contributed by atoms with E-state index in [0.29, 0.717) is 6.04 Å². The summed E-state index contributed by atoms with van der Waals surface area (Å²) in [6.07, 6.45) is 3.60. The number of furan rings is 1. The van der Waals surface area contributed by atoms with Crippen molar-refractivity contribution in [3.63, 3.8) is 0 Å². The first-order valence-corrected chi connectivity index (χ1v) is 6.22. The van der Waals surface area contributed by atoms with Gasteiger partial charge in [-0.3, -0.25) is 4.90 Å². The number of carboxylic acids is 1. The molecular formula is C13H19NO3. The molecule has 0 aliphatic heterocycles. The van der Waals surface area contributed by atoms with Gasteiger partial charge in [-0.1, -0.05) is 6.92 Å². The average molecular weight is 237 g/mol. The van der Waals surface area contributed by atoms with Crippen LogP contribution in [0.2, 0.25) is 0 Å². The molecule has 4 nitrogen and oxygen atoms in total. The highest BCUT2D eigenvalue weighted by molar-refractivity contribution is 5.84.